The molecule has 0 saturated carbocycles. The largest absolute Gasteiger partial charge is 0.143 e. The summed E-state index contributed by atoms with van der Waals surface area (Å²) in [5, 5.41) is 0. The summed E-state index contributed by atoms with van der Waals surface area (Å²) in [5.41, 5.74) is 1.52. The van der Waals surface area contributed by atoms with Crippen molar-refractivity contribution in [3.8, 4) is 0 Å². The van der Waals surface area contributed by atoms with Crippen LogP contribution in [0, 0.1) is 0 Å². The molecule has 0 nitrogen and oxygen atoms in total. The highest BCUT2D eigenvalue weighted by Crippen LogP contribution is 2.46. The lowest BCUT2D eigenvalue weighted by atomic mass is 10.2. The van der Waals surface area contributed by atoms with Gasteiger partial charge in [-0.1, -0.05) is 18.2 Å². The fraction of sp³-hybridized carbons (Fsp3) is 0.455. The lowest BCUT2D eigenvalue weighted by Gasteiger charge is -2.22. The van der Waals surface area contributed by atoms with Crippen molar-refractivity contribution in [2.75, 3.05) is 17.8 Å². The van der Waals surface area contributed by atoms with Crippen molar-refractivity contribution in [2.24, 2.45) is 0 Å². The molecule has 0 bridgehead atoms. The molecule has 1 saturated heterocycles. The summed E-state index contributed by atoms with van der Waals surface area (Å²) in [4.78, 5) is 1.44. The zero-order chi connectivity index (χ0) is 9.80. The smallest absolute Gasteiger partial charge is 0.0762 e. The monoisotopic (exact) mass is 242 g/mol. The van der Waals surface area contributed by atoms with E-state index in [1.807, 2.05) is 11.8 Å². The van der Waals surface area contributed by atoms with Crippen LogP contribution in [-0.4, -0.2) is 17.8 Å². The van der Waals surface area contributed by atoms with E-state index < -0.39 is 0 Å². The van der Waals surface area contributed by atoms with Crippen LogP contribution in [0.1, 0.15) is 16.6 Å². The van der Waals surface area contributed by atoms with Gasteiger partial charge in [-0.3, -0.25) is 0 Å². The zero-order valence-corrected chi connectivity index (χ0v) is 10.7. The quantitative estimate of drug-likeness (QED) is 0.711. The number of thioether (sulfide) groups is 3. The minimum atomic E-state index is 0.674. The highest BCUT2D eigenvalue weighted by molar-refractivity contribution is 8.16. The van der Waals surface area contributed by atoms with Crippen LogP contribution in [-0.2, 0) is 0 Å². The topological polar surface area (TPSA) is 0 Å². The maximum Gasteiger partial charge on any atom is 0.0762 e. The second-order valence-electron chi connectivity index (χ2n) is 3.17. The van der Waals surface area contributed by atoms with Crippen LogP contribution < -0.4 is 0 Å². The molecule has 0 spiro atoms. The first-order valence-electron chi connectivity index (χ1n) is 4.78. The Hall–Kier alpha value is 0.270. The van der Waals surface area contributed by atoms with Gasteiger partial charge in [0.25, 0.3) is 0 Å². The third kappa shape index (κ3) is 2.44. The number of rotatable bonds is 2. The molecule has 1 heterocycles. The Kier molecular flexibility index (Phi) is 4.14. The maximum atomic E-state index is 2.28. The molecule has 0 aromatic heterocycles. The standard InChI is InChI=1S/C11H14S3/c1-12-10-6-3-2-5-9(10)11-13-7-4-8-14-11/h2-3,5-6,11H,4,7-8H2,1H3. The van der Waals surface area contributed by atoms with Crippen molar-refractivity contribution in [3.63, 3.8) is 0 Å². The Morgan fingerprint density at radius 3 is 2.64 bits per heavy atom. The van der Waals surface area contributed by atoms with Crippen LogP contribution >= 0.6 is 35.3 Å². The van der Waals surface area contributed by atoms with Crippen molar-refractivity contribution in [1.29, 1.82) is 0 Å². The molecule has 0 amide bonds. The molecule has 14 heavy (non-hydrogen) atoms. The highest BCUT2D eigenvalue weighted by Gasteiger charge is 2.18. The number of hydrogen-bond donors (Lipinski definition) is 0. The summed E-state index contributed by atoms with van der Waals surface area (Å²) in [7, 11) is 0. The minimum Gasteiger partial charge on any atom is -0.143 e. The van der Waals surface area contributed by atoms with E-state index in [2.05, 4.69) is 54.0 Å². The van der Waals surface area contributed by atoms with Gasteiger partial charge in [-0.15, -0.1) is 35.3 Å². The van der Waals surface area contributed by atoms with Gasteiger partial charge in [-0.05, 0) is 35.8 Å². The third-order valence-electron chi connectivity index (χ3n) is 2.22. The Morgan fingerprint density at radius 1 is 1.21 bits per heavy atom. The van der Waals surface area contributed by atoms with Gasteiger partial charge in [0.2, 0.25) is 0 Å². The van der Waals surface area contributed by atoms with Gasteiger partial charge >= 0.3 is 0 Å². The molecule has 1 aromatic rings. The van der Waals surface area contributed by atoms with Crippen LogP contribution in [0.25, 0.3) is 0 Å². The van der Waals surface area contributed by atoms with Gasteiger partial charge in [0.15, 0.2) is 0 Å². The summed E-state index contributed by atoms with van der Waals surface area (Å²) < 4.78 is 0.674. The molecular weight excluding hydrogens is 228 g/mol. The number of benzene rings is 1. The molecule has 0 unspecified atom stereocenters. The average Bonchev–Trinajstić information content (AvgIpc) is 2.30. The van der Waals surface area contributed by atoms with Crippen LogP contribution in [0.2, 0.25) is 0 Å². The van der Waals surface area contributed by atoms with E-state index >= 15 is 0 Å². The summed E-state index contributed by atoms with van der Waals surface area (Å²) in [6.45, 7) is 0. The summed E-state index contributed by atoms with van der Waals surface area (Å²) >= 11 is 6.05. The molecule has 1 aliphatic rings. The van der Waals surface area contributed by atoms with Gasteiger partial charge in [-0.25, -0.2) is 0 Å². The molecule has 1 aliphatic heterocycles. The van der Waals surface area contributed by atoms with E-state index in [9.17, 15) is 0 Å². The van der Waals surface area contributed by atoms with Crippen molar-refractivity contribution >= 4 is 35.3 Å². The molecule has 1 fully saturated rings. The fourth-order valence-corrected chi connectivity index (χ4v) is 5.28. The molecule has 3 heteroatoms. The normalized spacial score (nSPS) is 18.4. The van der Waals surface area contributed by atoms with Gasteiger partial charge in [-0.2, -0.15) is 0 Å². The predicted octanol–water partition coefficient (Wildman–Crippen LogP) is 4.28. The Balaban J connectivity index is 2.20. The molecule has 0 aliphatic carbocycles. The fourth-order valence-electron chi connectivity index (χ4n) is 1.53. The highest BCUT2D eigenvalue weighted by atomic mass is 32.2. The lowest BCUT2D eigenvalue weighted by molar-refractivity contribution is 1.09. The van der Waals surface area contributed by atoms with Crippen molar-refractivity contribution in [1.82, 2.24) is 0 Å². The van der Waals surface area contributed by atoms with Crippen LogP contribution in [0.4, 0.5) is 0 Å². The van der Waals surface area contributed by atoms with Crippen molar-refractivity contribution in [3.05, 3.63) is 29.8 Å². The molecule has 2 rings (SSSR count). The molecular formula is C11H14S3. The SMILES string of the molecule is CSc1ccccc1C1SCCCS1. The summed E-state index contributed by atoms with van der Waals surface area (Å²) in [6, 6.07) is 8.80. The average molecular weight is 242 g/mol. The van der Waals surface area contributed by atoms with Crippen LogP contribution in [0.15, 0.2) is 29.2 Å². The lowest BCUT2D eigenvalue weighted by Crippen LogP contribution is -2.01. The van der Waals surface area contributed by atoms with E-state index in [-0.39, 0.29) is 0 Å². The first-order valence-corrected chi connectivity index (χ1v) is 8.10. The van der Waals surface area contributed by atoms with Crippen molar-refractivity contribution in [2.45, 2.75) is 15.9 Å². The van der Waals surface area contributed by atoms with Crippen molar-refractivity contribution < 1.29 is 0 Å². The molecule has 1 aromatic carbocycles. The van der Waals surface area contributed by atoms with E-state index in [1.165, 1.54) is 28.4 Å². The Morgan fingerprint density at radius 2 is 1.93 bits per heavy atom. The molecule has 0 radical (unpaired) electrons. The first-order chi connectivity index (χ1) is 6.92. The van der Waals surface area contributed by atoms with E-state index in [4.69, 9.17) is 0 Å². The predicted molar refractivity (Wildman–Crippen MR) is 70.5 cm³/mol. The first kappa shape index (κ1) is 10.8. The Bertz CT molecular complexity index is 292. The number of hydrogen-bond acceptors (Lipinski definition) is 3. The van der Waals surface area contributed by atoms with E-state index in [1.54, 1.807) is 0 Å². The zero-order valence-electron chi connectivity index (χ0n) is 8.23. The molecule has 0 N–H and O–H groups in total. The maximum absolute atomic E-state index is 2.28. The summed E-state index contributed by atoms with van der Waals surface area (Å²) in [5.74, 6) is 2.64. The van der Waals surface area contributed by atoms with Gasteiger partial charge in [0, 0.05) is 4.90 Å². The minimum absolute atomic E-state index is 0.674. The van der Waals surface area contributed by atoms with Gasteiger partial charge in [0.05, 0.1) is 4.58 Å². The van der Waals surface area contributed by atoms with Crippen LogP contribution in [0.5, 0.6) is 0 Å². The second kappa shape index (κ2) is 5.38. The second-order valence-corrected chi connectivity index (χ2v) is 6.74. The van der Waals surface area contributed by atoms with Crippen LogP contribution in [0.3, 0.4) is 0 Å². The Labute approximate surface area is 98.6 Å². The van der Waals surface area contributed by atoms with E-state index in [0.717, 1.165) is 0 Å². The van der Waals surface area contributed by atoms with Gasteiger partial charge < -0.3 is 0 Å². The summed E-state index contributed by atoms with van der Waals surface area (Å²) in [6.07, 6.45) is 3.53. The third-order valence-corrected chi connectivity index (χ3v) is 6.01. The molecule has 76 valence electrons. The van der Waals surface area contributed by atoms with Gasteiger partial charge in [0.1, 0.15) is 0 Å². The van der Waals surface area contributed by atoms with E-state index in [0.29, 0.717) is 4.58 Å². The molecule has 0 atom stereocenters.